The fraction of sp³-hybridized carbons (Fsp3) is 0.800. The highest BCUT2D eigenvalue weighted by molar-refractivity contribution is 5.04. The predicted molar refractivity (Wildman–Crippen MR) is 75.5 cm³/mol. The fourth-order valence-corrected chi connectivity index (χ4v) is 2.86. The summed E-state index contributed by atoms with van der Waals surface area (Å²) >= 11 is 0. The van der Waals surface area contributed by atoms with Crippen LogP contribution in [0.2, 0.25) is 0 Å². The highest BCUT2D eigenvalue weighted by atomic mass is 15.3. The van der Waals surface area contributed by atoms with Crippen LogP contribution in [0.25, 0.3) is 0 Å². The van der Waals surface area contributed by atoms with Crippen molar-refractivity contribution in [1.82, 2.24) is 15.1 Å². The van der Waals surface area contributed by atoms with Gasteiger partial charge in [0, 0.05) is 24.3 Å². The van der Waals surface area contributed by atoms with Crippen molar-refractivity contribution in [3.63, 3.8) is 0 Å². The van der Waals surface area contributed by atoms with Crippen LogP contribution in [0.5, 0.6) is 0 Å². The van der Waals surface area contributed by atoms with Crippen LogP contribution < -0.4 is 5.32 Å². The van der Waals surface area contributed by atoms with Crippen LogP contribution in [0.1, 0.15) is 64.5 Å². The van der Waals surface area contributed by atoms with Gasteiger partial charge in [-0.3, -0.25) is 4.68 Å². The molecule has 1 aromatic rings. The average molecular weight is 249 g/mol. The summed E-state index contributed by atoms with van der Waals surface area (Å²) in [5.41, 5.74) is 1.31. The SMILES string of the molecule is CCC1CCCC(n2cc(CNC(C)C)cn2)C1. The number of hydrogen-bond donors (Lipinski definition) is 1. The van der Waals surface area contributed by atoms with Gasteiger partial charge in [0.15, 0.2) is 0 Å². The Hall–Kier alpha value is -0.830. The molecule has 2 atom stereocenters. The monoisotopic (exact) mass is 249 g/mol. The number of nitrogens with zero attached hydrogens (tertiary/aromatic N) is 2. The molecule has 0 amide bonds. The third kappa shape index (κ3) is 3.58. The Kier molecular flexibility index (Phi) is 4.81. The molecule has 0 radical (unpaired) electrons. The van der Waals surface area contributed by atoms with E-state index in [9.17, 15) is 0 Å². The highest BCUT2D eigenvalue weighted by Gasteiger charge is 2.22. The number of rotatable bonds is 5. The van der Waals surface area contributed by atoms with Crippen molar-refractivity contribution in [3.8, 4) is 0 Å². The fourth-order valence-electron chi connectivity index (χ4n) is 2.86. The van der Waals surface area contributed by atoms with Gasteiger partial charge in [-0.25, -0.2) is 0 Å². The lowest BCUT2D eigenvalue weighted by atomic mass is 9.84. The molecule has 0 bridgehead atoms. The molecule has 2 rings (SSSR count). The molecule has 18 heavy (non-hydrogen) atoms. The molecule has 1 N–H and O–H groups in total. The third-order valence-electron chi connectivity index (χ3n) is 4.08. The zero-order valence-electron chi connectivity index (χ0n) is 12.0. The predicted octanol–water partition coefficient (Wildman–Crippen LogP) is 3.52. The molecule has 1 aromatic heterocycles. The minimum atomic E-state index is 0.535. The molecule has 3 heteroatoms. The van der Waals surface area contributed by atoms with Crippen molar-refractivity contribution in [3.05, 3.63) is 18.0 Å². The first-order valence-corrected chi connectivity index (χ1v) is 7.45. The van der Waals surface area contributed by atoms with E-state index in [-0.39, 0.29) is 0 Å². The summed E-state index contributed by atoms with van der Waals surface area (Å²) in [7, 11) is 0. The lowest BCUT2D eigenvalue weighted by Crippen LogP contribution is -2.21. The maximum atomic E-state index is 4.56. The van der Waals surface area contributed by atoms with Crippen molar-refractivity contribution < 1.29 is 0 Å². The second-order valence-electron chi connectivity index (χ2n) is 5.96. The van der Waals surface area contributed by atoms with Crippen molar-refractivity contribution in [2.75, 3.05) is 0 Å². The van der Waals surface area contributed by atoms with Crippen LogP contribution in [0.15, 0.2) is 12.4 Å². The van der Waals surface area contributed by atoms with E-state index in [1.165, 1.54) is 37.7 Å². The standard InChI is InChI=1S/C15H27N3/c1-4-13-6-5-7-15(8-13)18-11-14(10-17-18)9-16-12(2)3/h10-13,15-16H,4-9H2,1-3H3. The van der Waals surface area contributed by atoms with Crippen LogP contribution in [0.3, 0.4) is 0 Å². The van der Waals surface area contributed by atoms with E-state index in [0.717, 1.165) is 12.5 Å². The zero-order valence-corrected chi connectivity index (χ0v) is 12.0. The van der Waals surface area contributed by atoms with Gasteiger partial charge in [0.1, 0.15) is 0 Å². The van der Waals surface area contributed by atoms with Crippen LogP contribution in [0.4, 0.5) is 0 Å². The smallest absolute Gasteiger partial charge is 0.0534 e. The van der Waals surface area contributed by atoms with E-state index in [2.05, 4.69) is 42.1 Å². The molecule has 1 heterocycles. The van der Waals surface area contributed by atoms with Gasteiger partial charge in [-0.2, -0.15) is 5.10 Å². The summed E-state index contributed by atoms with van der Waals surface area (Å²) in [4.78, 5) is 0. The number of nitrogens with one attached hydrogen (secondary N) is 1. The summed E-state index contributed by atoms with van der Waals surface area (Å²) in [6.07, 6.45) is 11.0. The lowest BCUT2D eigenvalue weighted by molar-refractivity contribution is 0.247. The maximum Gasteiger partial charge on any atom is 0.0534 e. The normalized spacial score (nSPS) is 24.7. The van der Waals surface area contributed by atoms with E-state index >= 15 is 0 Å². The molecular weight excluding hydrogens is 222 g/mol. The molecule has 1 fully saturated rings. The molecule has 0 spiro atoms. The van der Waals surface area contributed by atoms with Gasteiger partial charge in [0.05, 0.1) is 12.2 Å². The molecule has 102 valence electrons. The molecule has 0 aromatic carbocycles. The Bertz CT molecular complexity index is 356. The van der Waals surface area contributed by atoms with Gasteiger partial charge in [-0.1, -0.05) is 40.0 Å². The van der Waals surface area contributed by atoms with Crippen LogP contribution in [0, 0.1) is 5.92 Å². The van der Waals surface area contributed by atoms with E-state index in [0.29, 0.717) is 12.1 Å². The van der Waals surface area contributed by atoms with E-state index < -0.39 is 0 Å². The number of hydrogen-bond acceptors (Lipinski definition) is 2. The lowest BCUT2D eigenvalue weighted by Gasteiger charge is -2.28. The Morgan fingerprint density at radius 3 is 3.00 bits per heavy atom. The van der Waals surface area contributed by atoms with Crippen LogP contribution >= 0.6 is 0 Å². The van der Waals surface area contributed by atoms with Crippen LogP contribution in [-0.2, 0) is 6.54 Å². The van der Waals surface area contributed by atoms with Gasteiger partial charge in [-0.15, -0.1) is 0 Å². The molecular formula is C15H27N3. The summed E-state index contributed by atoms with van der Waals surface area (Å²) in [5.74, 6) is 0.908. The van der Waals surface area contributed by atoms with Crippen molar-refractivity contribution >= 4 is 0 Å². The van der Waals surface area contributed by atoms with Gasteiger partial charge in [0.25, 0.3) is 0 Å². The average Bonchev–Trinajstić information content (AvgIpc) is 2.85. The Morgan fingerprint density at radius 2 is 2.28 bits per heavy atom. The van der Waals surface area contributed by atoms with Gasteiger partial charge in [-0.05, 0) is 18.8 Å². The highest BCUT2D eigenvalue weighted by Crippen LogP contribution is 2.33. The molecule has 1 saturated carbocycles. The van der Waals surface area contributed by atoms with Gasteiger partial charge in [0.2, 0.25) is 0 Å². The third-order valence-corrected chi connectivity index (χ3v) is 4.08. The Balaban J connectivity index is 1.92. The second-order valence-corrected chi connectivity index (χ2v) is 5.96. The second kappa shape index (κ2) is 6.37. The first-order chi connectivity index (χ1) is 8.69. The van der Waals surface area contributed by atoms with Crippen molar-refractivity contribution in [2.45, 2.75) is 71.5 Å². The summed E-state index contributed by atoms with van der Waals surface area (Å²) in [5, 5.41) is 8.01. The van der Waals surface area contributed by atoms with Crippen LogP contribution in [-0.4, -0.2) is 15.8 Å². The molecule has 2 unspecified atom stereocenters. The molecule has 0 saturated heterocycles. The number of aromatic nitrogens is 2. The zero-order chi connectivity index (χ0) is 13.0. The summed E-state index contributed by atoms with van der Waals surface area (Å²) in [6.45, 7) is 7.60. The van der Waals surface area contributed by atoms with Crippen molar-refractivity contribution in [1.29, 1.82) is 0 Å². The van der Waals surface area contributed by atoms with Crippen molar-refractivity contribution in [2.24, 2.45) is 5.92 Å². The van der Waals surface area contributed by atoms with Gasteiger partial charge < -0.3 is 5.32 Å². The maximum absolute atomic E-state index is 4.56. The minimum absolute atomic E-state index is 0.535. The molecule has 1 aliphatic rings. The summed E-state index contributed by atoms with van der Waals surface area (Å²) < 4.78 is 2.21. The molecule has 1 aliphatic carbocycles. The largest absolute Gasteiger partial charge is 0.310 e. The quantitative estimate of drug-likeness (QED) is 0.865. The topological polar surface area (TPSA) is 29.9 Å². The van der Waals surface area contributed by atoms with E-state index in [1.807, 2.05) is 6.20 Å². The van der Waals surface area contributed by atoms with E-state index in [4.69, 9.17) is 0 Å². The molecule has 0 aliphatic heterocycles. The van der Waals surface area contributed by atoms with E-state index in [1.54, 1.807) is 0 Å². The molecule has 3 nitrogen and oxygen atoms in total. The Morgan fingerprint density at radius 1 is 1.44 bits per heavy atom. The first-order valence-electron chi connectivity index (χ1n) is 7.45. The Labute approximate surface area is 111 Å². The van der Waals surface area contributed by atoms with Gasteiger partial charge >= 0.3 is 0 Å². The minimum Gasteiger partial charge on any atom is -0.310 e. The summed E-state index contributed by atoms with van der Waals surface area (Å²) in [6, 6.07) is 1.17. The first kappa shape index (κ1) is 13.6.